The smallest absolute Gasteiger partial charge is 0.491 e. The predicted molar refractivity (Wildman–Crippen MR) is 91.5 cm³/mol. The van der Waals surface area contributed by atoms with Crippen LogP contribution in [0.3, 0.4) is 0 Å². The molecule has 0 aromatic heterocycles. The molecule has 0 bridgehead atoms. The first-order valence-electron chi connectivity index (χ1n) is 7.69. The van der Waals surface area contributed by atoms with Crippen molar-refractivity contribution >= 4 is 19.5 Å². The zero-order valence-corrected chi connectivity index (χ0v) is 14.3. The quantitative estimate of drug-likeness (QED) is 0.645. The number of benzene rings is 1. The number of hydrogen-bond acceptors (Lipinski definition) is 5. The van der Waals surface area contributed by atoms with Gasteiger partial charge in [-0.1, -0.05) is 18.2 Å². The average molecular weight is 317 g/mol. The van der Waals surface area contributed by atoms with Gasteiger partial charge in [0, 0.05) is 6.54 Å². The molecule has 1 fully saturated rings. The van der Waals surface area contributed by atoms with Crippen molar-refractivity contribution in [1.82, 2.24) is 5.32 Å². The number of carbonyl (C=O) groups excluding carboxylic acids is 1. The zero-order valence-electron chi connectivity index (χ0n) is 14.3. The Morgan fingerprint density at radius 1 is 1.26 bits per heavy atom. The Labute approximate surface area is 137 Å². The third kappa shape index (κ3) is 3.49. The van der Waals surface area contributed by atoms with Gasteiger partial charge in [-0.15, -0.1) is 0 Å². The number of phenolic OH excluding ortho intramolecular Hbond substituents is 1. The van der Waals surface area contributed by atoms with E-state index in [4.69, 9.17) is 9.31 Å². The topological polar surface area (TPSA) is 67.8 Å². The van der Waals surface area contributed by atoms with Gasteiger partial charge in [0.1, 0.15) is 5.75 Å². The summed E-state index contributed by atoms with van der Waals surface area (Å²) in [6.45, 7) is 8.53. The van der Waals surface area contributed by atoms with Crippen LogP contribution in [0.1, 0.15) is 43.6 Å². The number of rotatable bonds is 5. The zero-order chi connectivity index (χ0) is 17.3. The van der Waals surface area contributed by atoms with Crippen LogP contribution in [0, 0.1) is 0 Å². The first kappa shape index (κ1) is 17.7. The van der Waals surface area contributed by atoms with Crippen molar-refractivity contribution in [2.75, 3.05) is 13.6 Å². The molecule has 0 saturated carbocycles. The van der Waals surface area contributed by atoms with E-state index in [1.165, 1.54) is 6.07 Å². The van der Waals surface area contributed by atoms with Crippen LogP contribution < -0.4 is 5.32 Å². The Hall–Kier alpha value is -1.63. The lowest BCUT2D eigenvalue weighted by atomic mass is 9.76. The summed E-state index contributed by atoms with van der Waals surface area (Å²) in [5, 5.41) is 12.9. The monoisotopic (exact) mass is 317 g/mol. The van der Waals surface area contributed by atoms with Crippen LogP contribution in [-0.4, -0.2) is 43.3 Å². The molecule has 0 aliphatic carbocycles. The number of aromatic hydroxyl groups is 1. The van der Waals surface area contributed by atoms with Gasteiger partial charge < -0.3 is 19.7 Å². The Balaban J connectivity index is 2.40. The summed E-state index contributed by atoms with van der Waals surface area (Å²) in [6.07, 6.45) is 2.49. The molecule has 0 atom stereocenters. The van der Waals surface area contributed by atoms with Crippen LogP contribution in [0.2, 0.25) is 0 Å². The Morgan fingerprint density at radius 3 is 2.39 bits per heavy atom. The van der Waals surface area contributed by atoms with Gasteiger partial charge in [0.05, 0.1) is 16.8 Å². The number of phenols is 1. The Kier molecular flexibility index (Phi) is 4.99. The fourth-order valence-electron chi connectivity index (χ4n) is 2.43. The number of carbonyl (C=O) groups is 1. The molecule has 0 radical (unpaired) electrons. The van der Waals surface area contributed by atoms with Crippen molar-refractivity contribution < 1.29 is 19.2 Å². The van der Waals surface area contributed by atoms with E-state index in [2.05, 4.69) is 5.32 Å². The van der Waals surface area contributed by atoms with Crippen LogP contribution in [0.4, 0.5) is 0 Å². The Bertz CT molecular complexity index is 609. The minimum atomic E-state index is -0.505. The summed E-state index contributed by atoms with van der Waals surface area (Å²) >= 11 is 0. The van der Waals surface area contributed by atoms with Crippen LogP contribution in [0.5, 0.6) is 5.75 Å². The van der Waals surface area contributed by atoms with Gasteiger partial charge in [0.25, 0.3) is 0 Å². The second-order valence-corrected chi connectivity index (χ2v) is 6.74. The van der Waals surface area contributed by atoms with E-state index >= 15 is 0 Å². The van der Waals surface area contributed by atoms with Gasteiger partial charge in [-0.25, -0.2) is 0 Å². The minimum absolute atomic E-state index is 0.0357. The molecule has 1 heterocycles. The van der Waals surface area contributed by atoms with E-state index in [-0.39, 0.29) is 11.3 Å². The van der Waals surface area contributed by atoms with E-state index in [0.29, 0.717) is 18.4 Å². The summed E-state index contributed by atoms with van der Waals surface area (Å²) < 4.78 is 12.1. The fourth-order valence-corrected chi connectivity index (χ4v) is 2.43. The normalized spacial score (nSPS) is 19.9. The number of likely N-dealkylation sites (N-methyl/N-ethyl adjacent to an activating group) is 1. The van der Waals surface area contributed by atoms with Crippen molar-refractivity contribution in [3.63, 3.8) is 0 Å². The van der Waals surface area contributed by atoms with E-state index in [9.17, 15) is 9.90 Å². The maximum Gasteiger partial charge on any atom is 0.491 e. The van der Waals surface area contributed by atoms with Crippen molar-refractivity contribution in [3.8, 4) is 5.75 Å². The summed E-state index contributed by atoms with van der Waals surface area (Å²) in [4.78, 5) is 11.2. The molecule has 2 rings (SSSR count). The first-order valence-corrected chi connectivity index (χ1v) is 7.69. The van der Waals surface area contributed by atoms with Gasteiger partial charge in [-0.3, -0.25) is 4.79 Å². The van der Waals surface area contributed by atoms with Crippen LogP contribution in [0.25, 0.3) is 6.08 Å². The first-order chi connectivity index (χ1) is 10.7. The molecule has 5 nitrogen and oxygen atoms in total. The molecule has 1 saturated heterocycles. The standard InChI is InChI=1S/C17H24BNO4/c1-16(2)17(3,4)23-18(22-16)13(10-19-5)9-12-7-6-8-15(21)14(12)11-20/h6-9,11,19,21H,10H2,1-5H3. The number of nitrogens with one attached hydrogen (secondary N) is 1. The molecule has 1 aromatic rings. The van der Waals surface area contributed by atoms with Crippen molar-refractivity contribution in [3.05, 3.63) is 34.8 Å². The SMILES string of the molecule is CNCC(=Cc1cccc(O)c1C=O)B1OC(C)(C)C(C)(C)O1. The third-order valence-electron chi connectivity index (χ3n) is 4.51. The lowest BCUT2D eigenvalue weighted by Crippen LogP contribution is -2.41. The molecule has 2 N–H and O–H groups in total. The predicted octanol–water partition coefficient (Wildman–Crippen LogP) is 2.44. The van der Waals surface area contributed by atoms with Crippen molar-refractivity contribution in [1.29, 1.82) is 0 Å². The van der Waals surface area contributed by atoms with Crippen LogP contribution in [-0.2, 0) is 9.31 Å². The van der Waals surface area contributed by atoms with Gasteiger partial charge in [-0.05, 0) is 51.8 Å². The van der Waals surface area contributed by atoms with Gasteiger partial charge >= 0.3 is 7.12 Å². The molecule has 6 heteroatoms. The van der Waals surface area contributed by atoms with E-state index in [0.717, 1.165) is 5.47 Å². The summed E-state index contributed by atoms with van der Waals surface area (Å²) in [5.74, 6) is -0.0357. The highest BCUT2D eigenvalue weighted by Crippen LogP contribution is 2.38. The highest BCUT2D eigenvalue weighted by atomic mass is 16.7. The summed E-state index contributed by atoms with van der Waals surface area (Å²) in [5.41, 5.74) is 0.894. The lowest BCUT2D eigenvalue weighted by Gasteiger charge is -2.32. The highest BCUT2D eigenvalue weighted by molar-refractivity contribution is 6.56. The van der Waals surface area contributed by atoms with E-state index < -0.39 is 18.3 Å². The molecule has 1 aliphatic rings. The summed E-state index contributed by atoms with van der Waals surface area (Å²) in [7, 11) is 1.33. The minimum Gasteiger partial charge on any atom is -0.507 e. The molecule has 0 unspecified atom stereocenters. The molecule has 1 aromatic carbocycles. The van der Waals surface area contributed by atoms with Gasteiger partial charge in [0.2, 0.25) is 0 Å². The molecule has 23 heavy (non-hydrogen) atoms. The fraction of sp³-hybridized carbons (Fsp3) is 0.471. The third-order valence-corrected chi connectivity index (χ3v) is 4.51. The average Bonchev–Trinajstić information content (AvgIpc) is 2.67. The van der Waals surface area contributed by atoms with Crippen molar-refractivity contribution in [2.45, 2.75) is 38.9 Å². The van der Waals surface area contributed by atoms with Crippen molar-refractivity contribution in [2.24, 2.45) is 0 Å². The highest BCUT2D eigenvalue weighted by Gasteiger charge is 2.52. The molecule has 1 aliphatic heterocycles. The molecular weight excluding hydrogens is 293 g/mol. The number of hydrogen-bond donors (Lipinski definition) is 2. The maximum absolute atomic E-state index is 11.2. The maximum atomic E-state index is 11.2. The second-order valence-electron chi connectivity index (χ2n) is 6.74. The molecular formula is C17H24BNO4. The van der Waals surface area contributed by atoms with E-state index in [1.54, 1.807) is 12.1 Å². The van der Waals surface area contributed by atoms with E-state index in [1.807, 2.05) is 40.8 Å². The largest absolute Gasteiger partial charge is 0.507 e. The van der Waals surface area contributed by atoms with Gasteiger partial charge in [-0.2, -0.15) is 0 Å². The van der Waals surface area contributed by atoms with Crippen LogP contribution in [0.15, 0.2) is 23.7 Å². The van der Waals surface area contributed by atoms with Gasteiger partial charge in [0.15, 0.2) is 6.29 Å². The Morgan fingerprint density at radius 2 is 1.87 bits per heavy atom. The second kappa shape index (κ2) is 6.47. The van der Waals surface area contributed by atoms with Crippen LogP contribution >= 0.6 is 0 Å². The summed E-state index contributed by atoms with van der Waals surface area (Å²) in [6, 6.07) is 4.98. The molecule has 0 spiro atoms. The number of aldehydes is 1. The molecule has 0 amide bonds. The lowest BCUT2D eigenvalue weighted by molar-refractivity contribution is 0.00578. The molecule has 124 valence electrons.